The van der Waals surface area contributed by atoms with Crippen molar-refractivity contribution in [2.24, 2.45) is 7.05 Å². The predicted molar refractivity (Wildman–Crippen MR) is 47.3 cm³/mol. The standard InChI is InChI=1S/C10H12NO.HI/c1-9(12)3-4-10-5-7-11(2)8-6-10;/h3-8H,1-2H3;1H/q+1;/p-1. The van der Waals surface area contributed by atoms with Crippen LogP contribution in [-0.4, -0.2) is 5.78 Å². The Balaban J connectivity index is 0.00000144. The molecular formula is C10H12INO. The molecule has 0 fully saturated rings. The smallest absolute Gasteiger partial charge is 0.169 e. The fourth-order valence-electron chi connectivity index (χ4n) is 0.837. The molecule has 0 spiro atoms. The average molecular weight is 289 g/mol. The molecule has 0 amide bonds. The first kappa shape index (κ1) is 12.3. The monoisotopic (exact) mass is 289 g/mol. The number of hydrogen-bond acceptors (Lipinski definition) is 1. The maximum atomic E-state index is 10.6. The third-order valence-corrected chi connectivity index (χ3v) is 1.51. The molecule has 0 aliphatic heterocycles. The highest BCUT2D eigenvalue weighted by atomic mass is 127. The van der Waals surface area contributed by atoms with Gasteiger partial charge in [-0.05, 0) is 18.6 Å². The third-order valence-electron chi connectivity index (χ3n) is 1.51. The van der Waals surface area contributed by atoms with Crippen LogP contribution in [0.3, 0.4) is 0 Å². The van der Waals surface area contributed by atoms with Crippen LogP contribution < -0.4 is 28.5 Å². The van der Waals surface area contributed by atoms with Gasteiger partial charge in [0.25, 0.3) is 0 Å². The summed E-state index contributed by atoms with van der Waals surface area (Å²) < 4.78 is 1.95. The average Bonchev–Trinajstić information content (AvgIpc) is 2.03. The molecule has 0 unspecified atom stereocenters. The first-order chi connectivity index (χ1) is 5.68. The number of carbonyl (C=O) groups is 1. The molecule has 1 rings (SSSR count). The first-order valence-corrected chi connectivity index (χ1v) is 3.82. The predicted octanol–water partition coefficient (Wildman–Crippen LogP) is -1.88. The summed E-state index contributed by atoms with van der Waals surface area (Å²) in [7, 11) is 1.96. The summed E-state index contributed by atoms with van der Waals surface area (Å²) in [5.74, 6) is 0.0724. The van der Waals surface area contributed by atoms with Gasteiger partial charge in [0.2, 0.25) is 0 Å². The van der Waals surface area contributed by atoms with Gasteiger partial charge in [0.15, 0.2) is 18.2 Å². The molecule has 13 heavy (non-hydrogen) atoms. The van der Waals surface area contributed by atoms with E-state index >= 15 is 0 Å². The van der Waals surface area contributed by atoms with Gasteiger partial charge in [-0.2, -0.15) is 0 Å². The zero-order valence-electron chi connectivity index (χ0n) is 7.70. The van der Waals surface area contributed by atoms with E-state index < -0.39 is 0 Å². The van der Waals surface area contributed by atoms with Crippen LogP contribution in [0.2, 0.25) is 0 Å². The minimum Gasteiger partial charge on any atom is -1.00 e. The Morgan fingerprint density at radius 3 is 2.38 bits per heavy atom. The topological polar surface area (TPSA) is 20.9 Å². The molecule has 0 aliphatic rings. The van der Waals surface area contributed by atoms with Crippen molar-refractivity contribution < 1.29 is 33.3 Å². The number of aryl methyl sites for hydroxylation is 1. The number of halogens is 1. The molecule has 1 aromatic rings. The summed E-state index contributed by atoms with van der Waals surface area (Å²) in [5.41, 5.74) is 1.04. The van der Waals surface area contributed by atoms with E-state index in [0.717, 1.165) is 5.56 Å². The summed E-state index contributed by atoms with van der Waals surface area (Å²) in [4.78, 5) is 10.6. The quantitative estimate of drug-likeness (QED) is 0.355. The molecule has 2 nitrogen and oxygen atoms in total. The lowest BCUT2D eigenvalue weighted by molar-refractivity contribution is -0.671. The van der Waals surface area contributed by atoms with Crippen LogP contribution in [0.15, 0.2) is 30.6 Å². The van der Waals surface area contributed by atoms with Crippen molar-refractivity contribution in [1.29, 1.82) is 0 Å². The Labute approximate surface area is 95.3 Å². The maximum absolute atomic E-state index is 10.6. The lowest BCUT2D eigenvalue weighted by Gasteiger charge is -1.89. The molecule has 0 N–H and O–H groups in total. The summed E-state index contributed by atoms with van der Waals surface area (Å²) in [6.45, 7) is 1.54. The van der Waals surface area contributed by atoms with Gasteiger partial charge in [-0.25, -0.2) is 4.57 Å². The maximum Gasteiger partial charge on any atom is 0.169 e. The zero-order valence-corrected chi connectivity index (χ0v) is 9.86. The fourth-order valence-corrected chi connectivity index (χ4v) is 0.837. The normalized spacial score (nSPS) is 9.69. The minimum absolute atomic E-state index is 0. The molecule has 3 heteroatoms. The number of pyridine rings is 1. The van der Waals surface area contributed by atoms with E-state index in [2.05, 4.69) is 0 Å². The largest absolute Gasteiger partial charge is 1.00 e. The lowest BCUT2D eigenvalue weighted by atomic mass is 10.2. The van der Waals surface area contributed by atoms with E-state index in [1.807, 2.05) is 42.2 Å². The van der Waals surface area contributed by atoms with Gasteiger partial charge in [-0.15, -0.1) is 0 Å². The van der Waals surface area contributed by atoms with Crippen molar-refractivity contribution in [3.63, 3.8) is 0 Å². The summed E-state index contributed by atoms with van der Waals surface area (Å²) >= 11 is 0. The van der Waals surface area contributed by atoms with E-state index in [1.165, 1.54) is 0 Å². The van der Waals surface area contributed by atoms with Crippen molar-refractivity contribution in [3.05, 3.63) is 36.2 Å². The van der Waals surface area contributed by atoms with E-state index in [-0.39, 0.29) is 29.8 Å². The van der Waals surface area contributed by atoms with E-state index in [0.29, 0.717) is 0 Å². The molecule has 1 aromatic heterocycles. The zero-order chi connectivity index (χ0) is 8.97. The molecule has 1 heterocycles. The third kappa shape index (κ3) is 4.77. The molecule has 0 saturated carbocycles. The van der Waals surface area contributed by atoms with Crippen molar-refractivity contribution in [1.82, 2.24) is 0 Å². The van der Waals surface area contributed by atoms with Gasteiger partial charge in [-0.3, -0.25) is 4.79 Å². The van der Waals surface area contributed by atoms with Crippen LogP contribution in [0.5, 0.6) is 0 Å². The van der Waals surface area contributed by atoms with E-state index in [1.54, 1.807) is 13.0 Å². The Hall–Kier alpha value is -0.710. The summed E-state index contributed by atoms with van der Waals surface area (Å²) in [6.07, 6.45) is 7.26. The second-order valence-electron chi connectivity index (χ2n) is 2.74. The van der Waals surface area contributed by atoms with Gasteiger partial charge in [0, 0.05) is 12.1 Å². The number of aromatic nitrogens is 1. The molecule has 0 saturated heterocycles. The van der Waals surface area contributed by atoms with Crippen LogP contribution in [0.4, 0.5) is 0 Å². The van der Waals surface area contributed by atoms with Crippen LogP contribution in [-0.2, 0) is 11.8 Å². The molecular weight excluding hydrogens is 277 g/mol. The van der Waals surface area contributed by atoms with Crippen molar-refractivity contribution in [3.8, 4) is 0 Å². The number of ketones is 1. The highest BCUT2D eigenvalue weighted by Crippen LogP contribution is 1.97. The molecule has 70 valence electrons. The number of nitrogens with zero attached hydrogens (tertiary/aromatic N) is 1. The highest BCUT2D eigenvalue weighted by molar-refractivity contribution is 5.91. The summed E-state index contributed by atoms with van der Waals surface area (Å²) in [5, 5.41) is 0. The molecule has 0 radical (unpaired) electrons. The van der Waals surface area contributed by atoms with E-state index in [9.17, 15) is 4.79 Å². The molecule has 0 aliphatic carbocycles. The van der Waals surface area contributed by atoms with Gasteiger partial charge in [0.1, 0.15) is 7.05 Å². The lowest BCUT2D eigenvalue weighted by Crippen LogP contribution is -3.00. The van der Waals surface area contributed by atoms with Crippen LogP contribution in [0.1, 0.15) is 12.5 Å². The SMILES string of the molecule is CC(=O)C=Cc1cc[n+](C)cc1.[I-]. The second-order valence-corrected chi connectivity index (χ2v) is 2.74. The second kappa shape index (κ2) is 5.85. The molecule has 0 atom stereocenters. The van der Waals surface area contributed by atoms with Gasteiger partial charge < -0.3 is 24.0 Å². The van der Waals surface area contributed by atoms with Crippen molar-refractivity contribution in [2.45, 2.75) is 6.92 Å². The van der Waals surface area contributed by atoms with Gasteiger partial charge in [0.05, 0.1) is 0 Å². The minimum atomic E-state index is 0. The Morgan fingerprint density at radius 2 is 1.92 bits per heavy atom. The fraction of sp³-hybridized carbons (Fsp3) is 0.200. The van der Waals surface area contributed by atoms with Gasteiger partial charge >= 0.3 is 0 Å². The number of allylic oxidation sites excluding steroid dienone is 1. The first-order valence-electron chi connectivity index (χ1n) is 3.82. The molecule has 0 bridgehead atoms. The van der Waals surface area contributed by atoms with Crippen LogP contribution in [0.25, 0.3) is 6.08 Å². The van der Waals surface area contributed by atoms with Crippen LogP contribution >= 0.6 is 0 Å². The highest BCUT2D eigenvalue weighted by Gasteiger charge is 1.91. The Bertz CT molecular complexity index is 303. The summed E-state index contributed by atoms with van der Waals surface area (Å²) in [6, 6.07) is 3.92. The van der Waals surface area contributed by atoms with Gasteiger partial charge in [-0.1, -0.05) is 6.08 Å². The Kier molecular flexibility index (Phi) is 5.53. The van der Waals surface area contributed by atoms with Crippen molar-refractivity contribution in [2.75, 3.05) is 0 Å². The number of hydrogen-bond donors (Lipinski definition) is 0. The van der Waals surface area contributed by atoms with Crippen molar-refractivity contribution >= 4 is 11.9 Å². The van der Waals surface area contributed by atoms with E-state index in [4.69, 9.17) is 0 Å². The Morgan fingerprint density at radius 1 is 1.38 bits per heavy atom. The van der Waals surface area contributed by atoms with Crippen LogP contribution in [0, 0.1) is 0 Å². The molecule has 0 aromatic carbocycles. The number of rotatable bonds is 2. The number of carbonyl (C=O) groups excluding carboxylic acids is 1.